The second kappa shape index (κ2) is 7.25. The summed E-state index contributed by atoms with van der Waals surface area (Å²) in [5, 5.41) is 2.80. The molecule has 0 spiro atoms. The van der Waals surface area contributed by atoms with Crippen molar-refractivity contribution < 1.29 is 22.0 Å². The highest BCUT2D eigenvalue weighted by Gasteiger charge is 2.24. The Bertz CT molecular complexity index is 673. The third-order valence-electron chi connectivity index (χ3n) is 3.85. The number of hydrogen-bond acceptors (Lipinski definition) is 3. The summed E-state index contributed by atoms with van der Waals surface area (Å²) in [5.74, 6) is -2.69. The second-order valence-electron chi connectivity index (χ2n) is 5.77. The van der Waals surface area contributed by atoms with E-state index < -0.39 is 34.1 Å². The molecule has 1 fully saturated rings. The van der Waals surface area contributed by atoms with Crippen LogP contribution in [0.2, 0.25) is 0 Å². The van der Waals surface area contributed by atoms with Gasteiger partial charge in [0.15, 0.2) is 11.6 Å². The highest BCUT2D eigenvalue weighted by atomic mass is 32.2. The molecule has 5 nitrogen and oxygen atoms in total. The Labute approximate surface area is 134 Å². The summed E-state index contributed by atoms with van der Waals surface area (Å²) in [4.78, 5) is 12.1. The van der Waals surface area contributed by atoms with Gasteiger partial charge in [0.05, 0.1) is 11.9 Å². The van der Waals surface area contributed by atoms with E-state index in [4.69, 9.17) is 0 Å². The van der Waals surface area contributed by atoms with Crippen molar-refractivity contribution in [2.45, 2.75) is 38.1 Å². The fraction of sp³-hybridized carbons (Fsp3) is 0.533. The molecule has 0 bridgehead atoms. The topological polar surface area (TPSA) is 66.5 Å². The molecule has 1 aliphatic rings. The standard InChI is InChI=1S/C15H20F2N2O3S/c1-23(21,22)19(12-7-8-13(16)14(17)9-12)10-15(20)18-11-5-3-2-4-6-11/h7-9,11H,2-6,10H2,1H3,(H,18,20). The largest absolute Gasteiger partial charge is 0.352 e. The Morgan fingerprint density at radius 2 is 1.87 bits per heavy atom. The number of sulfonamides is 1. The Balaban J connectivity index is 2.12. The number of nitrogens with one attached hydrogen (secondary N) is 1. The first kappa shape index (κ1) is 17.7. The fourth-order valence-corrected chi connectivity index (χ4v) is 3.54. The van der Waals surface area contributed by atoms with Gasteiger partial charge in [-0.2, -0.15) is 0 Å². The summed E-state index contributed by atoms with van der Waals surface area (Å²) in [6.45, 7) is -0.458. The second-order valence-corrected chi connectivity index (χ2v) is 7.68. The SMILES string of the molecule is CS(=O)(=O)N(CC(=O)NC1CCCCC1)c1ccc(F)c(F)c1. The molecule has 1 aromatic carbocycles. The minimum absolute atomic E-state index is 0.0441. The Hall–Kier alpha value is -1.70. The predicted octanol–water partition coefficient (Wildman–Crippen LogP) is 2.18. The van der Waals surface area contributed by atoms with Gasteiger partial charge in [-0.3, -0.25) is 9.10 Å². The highest BCUT2D eigenvalue weighted by molar-refractivity contribution is 7.92. The molecule has 0 aromatic heterocycles. The van der Waals surface area contributed by atoms with Crippen LogP contribution in [0.25, 0.3) is 0 Å². The lowest BCUT2D eigenvalue weighted by Crippen LogP contribution is -2.44. The summed E-state index contributed by atoms with van der Waals surface area (Å²) in [7, 11) is -3.80. The molecule has 0 radical (unpaired) electrons. The smallest absolute Gasteiger partial charge is 0.240 e. The van der Waals surface area contributed by atoms with E-state index in [0.717, 1.165) is 60.9 Å². The van der Waals surface area contributed by atoms with E-state index in [2.05, 4.69) is 5.32 Å². The maximum absolute atomic E-state index is 13.3. The van der Waals surface area contributed by atoms with Crippen LogP contribution < -0.4 is 9.62 Å². The number of hydrogen-bond donors (Lipinski definition) is 1. The van der Waals surface area contributed by atoms with Gasteiger partial charge in [0, 0.05) is 12.1 Å². The van der Waals surface area contributed by atoms with E-state index in [1.165, 1.54) is 0 Å². The van der Waals surface area contributed by atoms with Gasteiger partial charge in [0.1, 0.15) is 6.54 Å². The normalized spacial score (nSPS) is 16.1. The number of nitrogens with zero attached hydrogens (tertiary/aromatic N) is 1. The molecule has 1 saturated carbocycles. The van der Waals surface area contributed by atoms with Gasteiger partial charge in [-0.15, -0.1) is 0 Å². The van der Waals surface area contributed by atoms with Crippen molar-refractivity contribution in [1.82, 2.24) is 5.32 Å². The van der Waals surface area contributed by atoms with Crippen LogP contribution in [0.4, 0.5) is 14.5 Å². The first-order chi connectivity index (χ1) is 10.8. The summed E-state index contributed by atoms with van der Waals surface area (Å²) in [6, 6.07) is 2.78. The highest BCUT2D eigenvalue weighted by Crippen LogP contribution is 2.21. The molecule has 0 unspecified atom stereocenters. The van der Waals surface area contributed by atoms with Crippen molar-refractivity contribution in [3.05, 3.63) is 29.8 Å². The van der Waals surface area contributed by atoms with E-state index in [-0.39, 0.29) is 11.7 Å². The molecule has 0 aliphatic heterocycles. The third-order valence-corrected chi connectivity index (χ3v) is 4.99. The number of amides is 1. The lowest BCUT2D eigenvalue weighted by molar-refractivity contribution is -0.120. The molecule has 0 saturated heterocycles. The van der Waals surface area contributed by atoms with Crippen LogP contribution in [0.15, 0.2) is 18.2 Å². The molecular formula is C15H20F2N2O3S. The van der Waals surface area contributed by atoms with E-state index in [0.29, 0.717) is 0 Å². The molecule has 1 aromatic rings. The quantitative estimate of drug-likeness (QED) is 0.889. The zero-order chi connectivity index (χ0) is 17.0. The molecular weight excluding hydrogens is 326 g/mol. The lowest BCUT2D eigenvalue weighted by Gasteiger charge is -2.26. The fourth-order valence-electron chi connectivity index (χ4n) is 2.69. The molecule has 0 heterocycles. The van der Waals surface area contributed by atoms with E-state index in [9.17, 15) is 22.0 Å². The van der Waals surface area contributed by atoms with Crippen LogP contribution in [0.1, 0.15) is 32.1 Å². The van der Waals surface area contributed by atoms with Gasteiger partial charge in [-0.25, -0.2) is 17.2 Å². The number of carbonyl (C=O) groups is 1. The average Bonchev–Trinajstić information content (AvgIpc) is 2.48. The van der Waals surface area contributed by atoms with Gasteiger partial charge in [-0.05, 0) is 25.0 Å². The first-order valence-corrected chi connectivity index (χ1v) is 9.34. The molecule has 1 N–H and O–H groups in total. The van der Waals surface area contributed by atoms with Gasteiger partial charge in [0.25, 0.3) is 0 Å². The van der Waals surface area contributed by atoms with Gasteiger partial charge in [0.2, 0.25) is 15.9 Å². The van der Waals surface area contributed by atoms with Crippen LogP contribution in [0, 0.1) is 11.6 Å². The van der Waals surface area contributed by atoms with Crippen molar-refractivity contribution in [1.29, 1.82) is 0 Å². The molecule has 8 heteroatoms. The molecule has 23 heavy (non-hydrogen) atoms. The Kier molecular flexibility index (Phi) is 5.56. The maximum atomic E-state index is 13.3. The maximum Gasteiger partial charge on any atom is 0.240 e. The van der Waals surface area contributed by atoms with Crippen LogP contribution in [0.5, 0.6) is 0 Å². The average molecular weight is 346 g/mol. The Morgan fingerprint density at radius 1 is 1.22 bits per heavy atom. The Morgan fingerprint density at radius 3 is 2.43 bits per heavy atom. The summed E-state index contributed by atoms with van der Waals surface area (Å²) in [5.41, 5.74) is -0.0785. The van der Waals surface area contributed by atoms with Crippen molar-refractivity contribution in [3.63, 3.8) is 0 Å². The number of anilines is 1. The van der Waals surface area contributed by atoms with E-state index in [1.54, 1.807) is 0 Å². The van der Waals surface area contributed by atoms with Crippen molar-refractivity contribution in [3.8, 4) is 0 Å². The summed E-state index contributed by atoms with van der Waals surface area (Å²) < 4.78 is 50.9. The summed E-state index contributed by atoms with van der Waals surface area (Å²) >= 11 is 0. The van der Waals surface area contributed by atoms with E-state index >= 15 is 0 Å². The number of halogens is 2. The van der Waals surface area contributed by atoms with Gasteiger partial charge in [-0.1, -0.05) is 19.3 Å². The van der Waals surface area contributed by atoms with Crippen LogP contribution in [0.3, 0.4) is 0 Å². The third kappa shape index (κ3) is 4.89. The minimum Gasteiger partial charge on any atom is -0.352 e. The molecule has 128 valence electrons. The first-order valence-electron chi connectivity index (χ1n) is 7.49. The number of carbonyl (C=O) groups excluding carboxylic acids is 1. The zero-order valence-electron chi connectivity index (χ0n) is 12.9. The molecule has 2 rings (SSSR count). The lowest BCUT2D eigenvalue weighted by atomic mass is 9.95. The van der Waals surface area contributed by atoms with Crippen LogP contribution in [-0.4, -0.2) is 33.2 Å². The van der Waals surface area contributed by atoms with Crippen LogP contribution in [-0.2, 0) is 14.8 Å². The molecule has 1 amide bonds. The molecule has 0 atom stereocenters. The monoisotopic (exact) mass is 346 g/mol. The van der Waals surface area contributed by atoms with E-state index in [1.807, 2.05) is 0 Å². The minimum atomic E-state index is -3.80. The van der Waals surface area contributed by atoms with Gasteiger partial charge < -0.3 is 5.32 Å². The van der Waals surface area contributed by atoms with Crippen molar-refractivity contribution >= 4 is 21.6 Å². The number of rotatable bonds is 5. The summed E-state index contributed by atoms with van der Waals surface area (Å²) in [6.07, 6.45) is 5.86. The predicted molar refractivity (Wildman–Crippen MR) is 83.6 cm³/mol. The molecule has 1 aliphatic carbocycles. The van der Waals surface area contributed by atoms with Gasteiger partial charge >= 0.3 is 0 Å². The number of benzene rings is 1. The van der Waals surface area contributed by atoms with Crippen molar-refractivity contribution in [2.24, 2.45) is 0 Å². The zero-order valence-corrected chi connectivity index (χ0v) is 13.7. The van der Waals surface area contributed by atoms with Crippen molar-refractivity contribution in [2.75, 3.05) is 17.1 Å². The van der Waals surface area contributed by atoms with Crippen LogP contribution >= 0.6 is 0 Å².